The van der Waals surface area contributed by atoms with Crippen molar-refractivity contribution in [3.8, 4) is 0 Å². The summed E-state index contributed by atoms with van der Waals surface area (Å²) in [5, 5.41) is 1.75. The average molecular weight is 204 g/mol. The van der Waals surface area contributed by atoms with E-state index in [1.165, 1.54) is 24.1 Å². The van der Waals surface area contributed by atoms with Crippen LogP contribution >= 0.6 is 23.5 Å². The van der Waals surface area contributed by atoms with Gasteiger partial charge in [-0.1, -0.05) is 18.2 Å². The fourth-order valence-electron chi connectivity index (χ4n) is 0.669. The zero-order valence-corrected chi connectivity index (χ0v) is 7.75. The van der Waals surface area contributed by atoms with Gasteiger partial charge in [0.15, 0.2) is 0 Å². The summed E-state index contributed by atoms with van der Waals surface area (Å²) in [6, 6.07) is 4.44. The summed E-state index contributed by atoms with van der Waals surface area (Å²) >= 11 is 6.85. The van der Waals surface area contributed by atoms with E-state index in [1.54, 1.807) is 11.5 Å². The smallest absolute Gasteiger partial charge is 0.141 e. The lowest BCUT2D eigenvalue weighted by molar-refractivity contribution is 0.628. The van der Waals surface area contributed by atoms with Gasteiger partial charge >= 0.3 is 0 Å². The Morgan fingerprint density at radius 1 is 1.58 bits per heavy atom. The first-order chi connectivity index (χ1) is 5.74. The van der Waals surface area contributed by atoms with Crippen LogP contribution in [-0.2, 0) is 0 Å². The maximum atomic E-state index is 12.6. The van der Waals surface area contributed by atoms with E-state index in [-0.39, 0.29) is 5.02 Å². The minimum atomic E-state index is -0.411. The highest BCUT2D eigenvalue weighted by Crippen LogP contribution is 2.21. The Labute approximate surface area is 79.7 Å². The second-order valence-corrected chi connectivity index (χ2v) is 3.20. The number of benzene rings is 1. The van der Waals surface area contributed by atoms with Gasteiger partial charge in [-0.25, -0.2) is 4.39 Å². The summed E-state index contributed by atoms with van der Waals surface area (Å²) in [4.78, 5) is 0. The van der Waals surface area contributed by atoms with E-state index >= 15 is 0 Å². The number of hydrogen-bond donors (Lipinski definition) is 1. The maximum Gasteiger partial charge on any atom is 0.141 e. The van der Waals surface area contributed by atoms with Gasteiger partial charge in [0.25, 0.3) is 0 Å². The lowest BCUT2D eigenvalue weighted by atomic mass is 10.3. The molecule has 0 saturated carbocycles. The normalized spacial score (nSPS) is 9.50. The molecule has 0 aliphatic carbocycles. The molecular formula is C8H7ClFNS. The van der Waals surface area contributed by atoms with Crippen molar-refractivity contribution in [1.82, 2.24) is 0 Å². The highest BCUT2D eigenvalue weighted by molar-refractivity contribution is 8.03. The highest BCUT2D eigenvalue weighted by atomic mass is 35.5. The van der Waals surface area contributed by atoms with Gasteiger partial charge in [-0.2, -0.15) is 0 Å². The molecule has 1 rings (SSSR count). The average Bonchev–Trinajstić information content (AvgIpc) is 2.07. The van der Waals surface area contributed by atoms with E-state index in [0.717, 1.165) is 5.69 Å². The predicted molar refractivity (Wildman–Crippen MR) is 52.8 cm³/mol. The van der Waals surface area contributed by atoms with Crippen molar-refractivity contribution in [2.45, 2.75) is 0 Å². The van der Waals surface area contributed by atoms with E-state index in [4.69, 9.17) is 11.6 Å². The SMILES string of the molecule is C=CSNc1ccc(F)c(Cl)c1. The zero-order valence-electron chi connectivity index (χ0n) is 6.18. The first-order valence-electron chi connectivity index (χ1n) is 3.21. The molecule has 0 amide bonds. The van der Waals surface area contributed by atoms with Crippen molar-refractivity contribution >= 4 is 29.2 Å². The van der Waals surface area contributed by atoms with E-state index in [9.17, 15) is 4.39 Å². The Kier molecular flexibility index (Phi) is 3.44. The Morgan fingerprint density at radius 2 is 2.33 bits per heavy atom. The molecule has 0 fully saturated rings. The van der Waals surface area contributed by atoms with Crippen LogP contribution in [0, 0.1) is 5.82 Å². The van der Waals surface area contributed by atoms with Crippen molar-refractivity contribution in [3.05, 3.63) is 41.0 Å². The molecule has 0 unspecified atom stereocenters. The number of rotatable bonds is 3. The monoisotopic (exact) mass is 203 g/mol. The van der Waals surface area contributed by atoms with E-state index in [0.29, 0.717) is 0 Å². The van der Waals surface area contributed by atoms with Crippen LogP contribution in [0.25, 0.3) is 0 Å². The van der Waals surface area contributed by atoms with Crippen molar-refractivity contribution in [3.63, 3.8) is 0 Å². The Bertz CT molecular complexity index is 290. The quantitative estimate of drug-likeness (QED) is 0.753. The third-order valence-corrected chi connectivity index (χ3v) is 1.99. The molecule has 0 saturated heterocycles. The molecule has 64 valence electrons. The molecule has 1 aromatic carbocycles. The van der Waals surface area contributed by atoms with Gasteiger partial charge in [0.2, 0.25) is 0 Å². The standard InChI is InChI=1S/C8H7ClFNS/c1-2-12-11-6-3-4-8(10)7(9)5-6/h2-5,11H,1H2. The Hall–Kier alpha value is -0.670. The Balaban J connectivity index is 2.75. The minimum absolute atomic E-state index is 0.115. The molecule has 0 radical (unpaired) electrons. The van der Waals surface area contributed by atoms with Gasteiger partial charge in [-0.3, -0.25) is 0 Å². The van der Waals surface area contributed by atoms with Crippen molar-refractivity contribution < 1.29 is 4.39 Å². The zero-order chi connectivity index (χ0) is 8.97. The second-order valence-electron chi connectivity index (χ2n) is 2.02. The molecule has 12 heavy (non-hydrogen) atoms. The second kappa shape index (κ2) is 4.38. The summed E-state index contributed by atoms with van der Waals surface area (Å²) in [6.07, 6.45) is 0. The summed E-state index contributed by atoms with van der Waals surface area (Å²) in [6.45, 7) is 3.51. The number of nitrogens with one attached hydrogen (secondary N) is 1. The van der Waals surface area contributed by atoms with E-state index in [1.807, 2.05) is 0 Å². The number of hydrogen-bond acceptors (Lipinski definition) is 2. The van der Waals surface area contributed by atoms with Crippen molar-refractivity contribution in [1.29, 1.82) is 0 Å². The van der Waals surface area contributed by atoms with Crippen molar-refractivity contribution in [2.75, 3.05) is 4.72 Å². The first kappa shape index (κ1) is 9.42. The molecule has 1 N–H and O–H groups in total. The molecule has 0 aromatic heterocycles. The molecule has 0 spiro atoms. The fraction of sp³-hybridized carbons (Fsp3) is 0. The molecular weight excluding hydrogens is 197 g/mol. The topological polar surface area (TPSA) is 12.0 Å². The summed E-state index contributed by atoms with van der Waals surface area (Å²) in [5.74, 6) is -0.411. The minimum Gasteiger partial charge on any atom is -0.326 e. The van der Waals surface area contributed by atoms with Crippen LogP contribution in [0.4, 0.5) is 10.1 Å². The van der Waals surface area contributed by atoms with Crippen LogP contribution in [-0.4, -0.2) is 0 Å². The van der Waals surface area contributed by atoms with E-state index in [2.05, 4.69) is 11.3 Å². The van der Waals surface area contributed by atoms with Crippen LogP contribution in [0.3, 0.4) is 0 Å². The van der Waals surface area contributed by atoms with Gasteiger partial charge in [0.1, 0.15) is 5.82 Å². The molecule has 1 aromatic rings. The number of anilines is 1. The summed E-state index contributed by atoms with van der Waals surface area (Å²) in [7, 11) is 0. The van der Waals surface area contributed by atoms with Gasteiger partial charge in [0.05, 0.1) is 5.02 Å². The van der Waals surface area contributed by atoms with Crippen LogP contribution < -0.4 is 4.72 Å². The molecule has 1 nitrogen and oxygen atoms in total. The molecule has 0 atom stereocenters. The van der Waals surface area contributed by atoms with Crippen LogP contribution in [0.1, 0.15) is 0 Å². The van der Waals surface area contributed by atoms with Gasteiger partial charge in [-0.05, 0) is 35.6 Å². The summed E-state index contributed by atoms with van der Waals surface area (Å²) < 4.78 is 15.5. The first-order valence-corrected chi connectivity index (χ1v) is 4.47. The largest absolute Gasteiger partial charge is 0.326 e. The third-order valence-electron chi connectivity index (χ3n) is 1.18. The summed E-state index contributed by atoms with van der Waals surface area (Å²) in [5.41, 5.74) is 0.756. The van der Waals surface area contributed by atoms with Crippen LogP contribution in [0.15, 0.2) is 30.2 Å². The van der Waals surface area contributed by atoms with E-state index < -0.39 is 5.82 Å². The third kappa shape index (κ3) is 2.43. The van der Waals surface area contributed by atoms with Crippen molar-refractivity contribution in [2.24, 2.45) is 0 Å². The van der Waals surface area contributed by atoms with Gasteiger partial charge in [0, 0.05) is 5.69 Å². The van der Waals surface area contributed by atoms with Crippen LogP contribution in [0.2, 0.25) is 5.02 Å². The molecule has 0 bridgehead atoms. The highest BCUT2D eigenvalue weighted by Gasteiger charge is 1.98. The molecule has 0 aliphatic rings. The molecule has 4 heteroatoms. The maximum absolute atomic E-state index is 12.6. The molecule has 0 aliphatic heterocycles. The fourth-order valence-corrected chi connectivity index (χ4v) is 1.20. The number of halogens is 2. The van der Waals surface area contributed by atoms with Crippen LogP contribution in [0.5, 0.6) is 0 Å². The molecule has 0 heterocycles. The lowest BCUT2D eigenvalue weighted by Crippen LogP contribution is -1.84. The predicted octanol–water partition coefficient (Wildman–Crippen LogP) is 3.68. The van der Waals surface area contributed by atoms with Gasteiger partial charge in [-0.15, -0.1) is 0 Å². The lowest BCUT2D eigenvalue weighted by Gasteiger charge is -2.02. The Morgan fingerprint density at radius 3 is 2.92 bits per heavy atom. The van der Waals surface area contributed by atoms with Gasteiger partial charge < -0.3 is 4.72 Å².